The van der Waals surface area contributed by atoms with Crippen LogP contribution in [-0.4, -0.2) is 55.2 Å². The predicted molar refractivity (Wildman–Crippen MR) is 118 cm³/mol. The molecule has 0 radical (unpaired) electrons. The highest BCUT2D eigenvalue weighted by Crippen LogP contribution is 2.34. The normalized spacial score (nSPS) is 13.7. The number of nitrogen functional groups attached to an aromatic ring is 2. The first-order valence-electron chi connectivity index (χ1n) is 10.0. The van der Waals surface area contributed by atoms with Gasteiger partial charge in [-0.05, 0) is 18.2 Å². The number of carboxylic acid groups (broad SMARTS) is 1. The maximum atomic E-state index is 14.2. The number of carbonyl (C=O) groups is 1. The van der Waals surface area contributed by atoms with E-state index in [0.29, 0.717) is 22.3 Å². The molecular weight excluding hydrogens is 431 g/mol. The number of aromatic nitrogens is 5. The zero-order chi connectivity index (χ0) is 23.1. The molecule has 1 amide bonds. The van der Waals surface area contributed by atoms with Crippen LogP contribution in [0.25, 0.3) is 22.6 Å². The van der Waals surface area contributed by atoms with Crippen LogP contribution in [0.3, 0.4) is 0 Å². The predicted octanol–water partition coefficient (Wildman–Crippen LogP) is 2.12. The Bertz CT molecular complexity index is 1350. The van der Waals surface area contributed by atoms with Crippen LogP contribution in [0.2, 0.25) is 0 Å². The fraction of sp³-hybridized carbons (Fsp3) is 0.190. The summed E-state index contributed by atoms with van der Waals surface area (Å²) in [4.78, 5) is 25.8. The SMILES string of the molecule is Nc1nc(-c2nn(Cc3ccccc3F)c3ncccc23)nc(N)c1N(C(=O)O)C1COC1. The first-order chi connectivity index (χ1) is 15.9. The summed E-state index contributed by atoms with van der Waals surface area (Å²) in [6.07, 6.45) is 0.367. The van der Waals surface area contributed by atoms with Gasteiger partial charge in [-0.2, -0.15) is 5.10 Å². The standard InChI is InChI=1S/C21H19FN8O3/c22-14-6-2-1-4-11(14)8-29-20-13(5-3-7-25-20)15(28-29)19-26-17(23)16(18(24)27-19)30(21(31)32)12-9-33-10-12/h1-7,12H,8-10H2,(H,31,32)(H4,23,24,26,27). The molecule has 1 fully saturated rings. The van der Waals surface area contributed by atoms with Crippen LogP contribution in [0.1, 0.15) is 5.56 Å². The molecule has 0 saturated carbocycles. The minimum absolute atomic E-state index is 0.00719. The molecule has 33 heavy (non-hydrogen) atoms. The number of hydrogen-bond acceptors (Lipinski definition) is 8. The van der Waals surface area contributed by atoms with Gasteiger partial charge in [0.25, 0.3) is 0 Å². The van der Waals surface area contributed by atoms with Crippen molar-refractivity contribution in [3.05, 3.63) is 54.0 Å². The second kappa shape index (κ2) is 7.98. The van der Waals surface area contributed by atoms with Gasteiger partial charge in [-0.1, -0.05) is 18.2 Å². The van der Waals surface area contributed by atoms with Crippen LogP contribution in [0.4, 0.5) is 26.5 Å². The van der Waals surface area contributed by atoms with Gasteiger partial charge in [-0.15, -0.1) is 0 Å². The van der Waals surface area contributed by atoms with E-state index in [4.69, 9.17) is 16.2 Å². The van der Waals surface area contributed by atoms with Crippen molar-refractivity contribution in [1.82, 2.24) is 24.7 Å². The molecule has 1 aromatic carbocycles. The molecule has 0 spiro atoms. The number of halogens is 1. The number of benzene rings is 1. The molecule has 3 aromatic heterocycles. The number of fused-ring (bicyclic) bond motifs is 1. The molecule has 1 saturated heterocycles. The molecule has 5 N–H and O–H groups in total. The largest absolute Gasteiger partial charge is 0.465 e. The molecule has 1 aliphatic heterocycles. The van der Waals surface area contributed by atoms with Crippen molar-refractivity contribution >= 4 is 34.4 Å². The van der Waals surface area contributed by atoms with Gasteiger partial charge in [0.05, 0.1) is 31.2 Å². The fourth-order valence-corrected chi connectivity index (χ4v) is 3.72. The number of pyridine rings is 1. The fourth-order valence-electron chi connectivity index (χ4n) is 3.72. The molecule has 0 aliphatic carbocycles. The number of ether oxygens (including phenoxy) is 1. The number of nitrogens with zero attached hydrogens (tertiary/aromatic N) is 6. The second-order valence-corrected chi connectivity index (χ2v) is 7.48. The number of nitrogens with two attached hydrogens (primary N) is 2. The monoisotopic (exact) mass is 450 g/mol. The van der Waals surface area contributed by atoms with Crippen LogP contribution in [0, 0.1) is 5.82 Å². The molecular formula is C21H19FN8O3. The zero-order valence-electron chi connectivity index (χ0n) is 17.2. The van der Waals surface area contributed by atoms with E-state index in [9.17, 15) is 14.3 Å². The molecule has 168 valence electrons. The third-order valence-electron chi connectivity index (χ3n) is 5.37. The van der Waals surface area contributed by atoms with Crippen LogP contribution in [0.5, 0.6) is 0 Å². The quantitative estimate of drug-likeness (QED) is 0.414. The van der Waals surface area contributed by atoms with Crippen molar-refractivity contribution in [2.45, 2.75) is 12.6 Å². The van der Waals surface area contributed by atoms with Crippen LogP contribution < -0.4 is 16.4 Å². The summed E-state index contributed by atoms with van der Waals surface area (Å²) in [5, 5.41) is 14.8. The number of amides is 1. The van der Waals surface area contributed by atoms with E-state index in [2.05, 4.69) is 20.1 Å². The minimum atomic E-state index is -1.23. The molecule has 12 heteroatoms. The van der Waals surface area contributed by atoms with Crippen molar-refractivity contribution in [2.24, 2.45) is 0 Å². The van der Waals surface area contributed by atoms with Gasteiger partial charge < -0.3 is 21.3 Å². The van der Waals surface area contributed by atoms with Gasteiger partial charge >= 0.3 is 6.09 Å². The first kappa shape index (κ1) is 20.6. The molecule has 0 atom stereocenters. The van der Waals surface area contributed by atoms with Gasteiger partial charge in [0.15, 0.2) is 23.1 Å². The van der Waals surface area contributed by atoms with Gasteiger partial charge in [0.1, 0.15) is 17.2 Å². The summed E-state index contributed by atoms with van der Waals surface area (Å²) in [7, 11) is 0. The van der Waals surface area contributed by atoms with E-state index in [1.54, 1.807) is 41.2 Å². The lowest BCUT2D eigenvalue weighted by molar-refractivity contribution is 0.00903. The molecule has 4 aromatic rings. The molecule has 4 heterocycles. The van der Waals surface area contributed by atoms with E-state index in [0.717, 1.165) is 4.90 Å². The Balaban J connectivity index is 1.60. The molecule has 11 nitrogen and oxygen atoms in total. The molecule has 0 unspecified atom stereocenters. The average molecular weight is 450 g/mol. The van der Waals surface area contributed by atoms with Crippen molar-refractivity contribution in [3.63, 3.8) is 0 Å². The van der Waals surface area contributed by atoms with E-state index < -0.39 is 12.1 Å². The van der Waals surface area contributed by atoms with E-state index >= 15 is 0 Å². The highest BCUT2D eigenvalue weighted by molar-refractivity contribution is 5.96. The van der Waals surface area contributed by atoms with Crippen LogP contribution >= 0.6 is 0 Å². The number of anilines is 3. The van der Waals surface area contributed by atoms with Gasteiger partial charge in [-0.3, -0.25) is 4.90 Å². The smallest absolute Gasteiger partial charge is 0.412 e. The Labute approximate surface area is 186 Å². The summed E-state index contributed by atoms with van der Waals surface area (Å²) in [6.45, 7) is 0.588. The molecule has 5 rings (SSSR count). The van der Waals surface area contributed by atoms with E-state index in [1.165, 1.54) is 6.07 Å². The Morgan fingerprint density at radius 1 is 1.18 bits per heavy atom. The highest BCUT2D eigenvalue weighted by Gasteiger charge is 2.35. The summed E-state index contributed by atoms with van der Waals surface area (Å²) in [5.74, 6) is -0.462. The lowest BCUT2D eigenvalue weighted by Crippen LogP contribution is -2.52. The molecule has 0 bridgehead atoms. The maximum Gasteiger partial charge on any atom is 0.412 e. The number of hydrogen-bond donors (Lipinski definition) is 3. The number of rotatable bonds is 5. The van der Waals surface area contributed by atoms with Crippen LogP contribution in [0.15, 0.2) is 42.6 Å². The molecule has 1 aliphatic rings. The van der Waals surface area contributed by atoms with E-state index in [-0.39, 0.29) is 48.7 Å². The van der Waals surface area contributed by atoms with Crippen molar-refractivity contribution in [1.29, 1.82) is 0 Å². The zero-order valence-corrected chi connectivity index (χ0v) is 17.2. The summed E-state index contributed by atoms with van der Waals surface area (Å²) < 4.78 is 20.9. The lowest BCUT2D eigenvalue weighted by atomic mass is 10.2. The summed E-state index contributed by atoms with van der Waals surface area (Å²) in [6, 6.07) is 9.47. The van der Waals surface area contributed by atoms with Gasteiger partial charge in [0.2, 0.25) is 0 Å². The van der Waals surface area contributed by atoms with E-state index in [1.807, 2.05) is 0 Å². The Kier molecular flexibility index (Phi) is 4.98. The Morgan fingerprint density at radius 3 is 2.55 bits per heavy atom. The Morgan fingerprint density at radius 2 is 1.91 bits per heavy atom. The average Bonchev–Trinajstić information content (AvgIpc) is 3.11. The van der Waals surface area contributed by atoms with Gasteiger partial charge in [-0.25, -0.2) is 28.8 Å². The topological polar surface area (TPSA) is 158 Å². The Hall–Kier alpha value is -4.32. The van der Waals surface area contributed by atoms with Crippen molar-refractivity contribution < 1.29 is 19.0 Å². The van der Waals surface area contributed by atoms with Crippen molar-refractivity contribution in [3.8, 4) is 11.5 Å². The van der Waals surface area contributed by atoms with Crippen LogP contribution in [-0.2, 0) is 11.3 Å². The van der Waals surface area contributed by atoms with Gasteiger partial charge in [0, 0.05) is 11.8 Å². The summed E-state index contributed by atoms with van der Waals surface area (Å²) >= 11 is 0. The third-order valence-corrected chi connectivity index (χ3v) is 5.37. The lowest BCUT2D eigenvalue weighted by Gasteiger charge is -2.35. The first-order valence-corrected chi connectivity index (χ1v) is 10.0. The minimum Gasteiger partial charge on any atom is -0.465 e. The second-order valence-electron chi connectivity index (χ2n) is 7.48. The van der Waals surface area contributed by atoms with Crippen molar-refractivity contribution in [2.75, 3.05) is 29.6 Å². The third kappa shape index (κ3) is 3.55. The highest BCUT2D eigenvalue weighted by atomic mass is 19.1. The maximum absolute atomic E-state index is 14.2. The summed E-state index contributed by atoms with van der Waals surface area (Å²) in [5.41, 5.74) is 13.6.